The van der Waals surface area contributed by atoms with Gasteiger partial charge in [-0.25, -0.2) is 4.98 Å². The van der Waals surface area contributed by atoms with Crippen molar-refractivity contribution in [3.05, 3.63) is 65.8 Å². The van der Waals surface area contributed by atoms with E-state index in [4.69, 9.17) is 5.73 Å². The van der Waals surface area contributed by atoms with Gasteiger partial charge in [0.2, 0.25) is 0 Å². The van der Waals surface area contributed by atoms with Crippen molar-refractivity contribution in [2.75, 3.05) is 5.73 Å². The van der Waals surface area contributed by atoms with Crippen molar-refractivity contribution in [3.63, 3.8) is 0 Å². The molecule has 0 bridgehead atoms. The fraction of sp³-hybridized carbons (Fsp3) is 0. The van der Waals surface area contributed by atoms with Gasteiger partial charge in [0, 0.05) is 27.1 Å². The van der Waals surface area contributed by atoms with Crippen LogP contribution < -0.4 is 5.73 Å². The minimum atomic E-state index is 0.343. The number of aromatic nitrogens is 4. The molecule has 4 rings (SSSR count). The molecule has 25 heavy (non-hydrogen) atoms. The molecule has 0 aliphatic heterocycles. The van der Waals surface area contributed by atoms with Crippen molar-refractivity contribution in [1.29, 1.82) is 0 Å². The van der Waals surface area contributed by atoms with E-state index in [1.807, 2.05) is 47.0 Å². The maximum absolute atomic E-state index is 5.99. The average molecular weight is 394 g/mol. The lowest BCUT2D eigenvalue weighted by Gasteiger charge is -2.05. The van der Waals surface area contributed by atoms with Crippen LogP contribution in [0, 0.1) is 0 Å². The molecule has 0 radical (unpaired) electrons. The van der Waals surface area contributed by atoms with Crippen LogP contribution >= 0.6 is 15.9 Å². The quantitative estimate of drug-likeness (QED) is 0.515. The fourth-order valence-corrected chi connectivity index (χ4v) is 2.78. The number of hydrogen-bond donors (Lipinski definition) is 1. The van der Waals surface area contributed by atoms with Gasteiger partial charge in [-0.3, -0.25) is 4.57 Å². The highest BCUT2D eigenvalue weighted by Gasteiger charge is 2.07. The Morgan fingerprint density at radius 3 is 2.48 bits per heavy atom. The summed E-state index contributed by atoms with van der Waals surface area (Å²) in [6, 6.07) is 13.4. The molecule has 2 aromatic carbocycles. The third-order valence-corrected chi connectivity index (χ3v) is 4.18. The first kappa shape index (κ1) is 15.4. The van der Waals surface area contributed by atoms with Crippen LogP contribution in [-0.2, 0) is 0 Å². The lowest BCUT2D eigenvalue weighted by molar-refractivity contribution is 1.05. The zero-order valence-corrected chi connectivity index (χ0v) is 14.5. The highest BCUT2D eigenvalue weighted by Crippen LogP contribution is 2.33. The number of anilines is 1. The molecule has 2 N–H and O–H groups in total. The molecule has 0 fully saturated rings. The highest BCUT2D eigenvalue weighted by atomic mass is 79.9. The lowest BCUT2D eigenvalue weighted by atomic mass is 10.1. The van der Waals surface area contributed by atoms with Gasteiger partial charge in [0.15, 0.2) is 5.82 Å². The molecule has 2 heterocycles. The van der Waals surface area contributed by atoms with E-state index in [0.29, 0.717) is 17.2 Å². The van der Waals surface area contributed by atoms with Gasteiger partial charge in [0.25, 0.3) is 0 Å². The van der Waals surface area contributed by atoms with Gasteiger partial charge in [-0.2, -0.15) is 5.11 Å². The van der Waals surface area contributed by atoms with E-state index >= 15 is 0 Å². The first-order valence-electron chi connectivity index (χ1n) is 7.41. The molecule has 0 amide bonds. The van der Waals surface area contributed by atoms with Crippen LogP contribution in [0.3, 0.4) is 0 Å². The van der Waals surface area contributed by atoms with E-state index in [0.717, 1.165) is 20.9 Å². The third-order valence-electron chi connectivity index (χ3n) is 3.69. The summed E-state index contributed by atoms with van der Waals surface area (Å²) in [5.74, 6) is 0.343. The molecule has 0 saturated heterocycles. The summed E-state index contributed by atoms with van der Waals surface area (Å²) in [4.78, 5) is 4.19. The zero-order chi connectivity index (χ0) is 17.2. The topological polar surface area (TPSA) is 94.3 Å². The maximum atomic E-state index is 5.99. The highest BCUT2D eigenvalue weighted by molar-refractivity contribution is 9.10. The van der Waals surface area contributed by atoms with Crippen LogP contribution in [0.25, 0.3) is 16.5 Å². The van der Waals surface area contributed by atoms with Crippen LogP contribution in [0.2, 0.25) is 0 Å². The van der Waals surface area contributed by atoms with E-state index in [2.05, 4.69) is 41.3 Å². The Balaban J connectivity index is 1.69. The number of fused-ring (bicyclic) bond motifs is 1. The summed E-state index contributed by atoms with van der Waals surface area (Å²) in [6.07, 6.45) is 5.00. The number of nitrogen functional groups attached to an aromatic ring is 1. The SMILES string of the molecule is Nc1ncc2ccc(Br)cc2c1/N=N/c1ccc(-n2cnnc2)cc1. The summed E-state index contributed by atoms with van der Waals surface area (Å²) in [5.41, 5.74) is 8.20. The van der Waals surface area contributed by atoms with Crippen molar-refractivity contribution in [3.8, 4) is 5.69 Å². The van der Waals surface area contributed by atoms with Crippen molar-refractivity contribution in [2.45, 2.75) is 0 Å². The lowest BCUT2D eigenvalue weighted by Crippen LogP contribution is -1.91. The summed E-state index contributed by atoms with van der Waals surface area (Å²) in [6.45, 7) is 0. The number of azo groups is 1. The molecule has 0 unspecified atom stereocenters. The van der Waals surface area contributed by atoms with Gasteiger partial charge in [0.1, 0.15) is 18.3 Å². The van der Waals surface area contributed by atoms with E-state index in [1.165, 1.54) is 0 Å². The molecule has 0 aliphatic carbocycles. The summed E-state index contributed by atoms with van der Waals surface area (Å²) >= 11 is 3.47. The molecule has 0 aliphatic rings. The Labute approximate surface area is 151 Å². The van der Waals surface area contributed by atoms with Crippen LogP contribution in [0.5, 0.6) is 0 Å². The summed E-state index contributed by atoms with van der Waals surface area (Å²) in [5, 5.41) is 18.0. The first-order valence-corrected chi connectivity index (χ1v) is 8.20. The maximum Gasteiger partial charge on any atom is 0.151 e. The minimum Gasteiger partial charge on any atom is -0.382 e. The molecule has 0 spiro atoms. The zero-order valence-electron chi connectivity index (χ0n) is 12.9. The molecule has 4 aromatic rings. The molecule has 0 atom stereocenters. The summed E-state index contributed by atoms with van der Waals surface area (Å²) in [7, 11) is 0. The first-order chi connectivity index (χ1) is 12.2. The number of halogens is 1. The number of pyridine rings is 1. The Bertz CT molecular complexity index is 1050. The standard InChI is InChI=1S/C17H12BrN7/c18-12-2-1-11-8-20-17(19)16(15(11)7-12)24-23-13-3-5-14(6-4-13)25-9-21-22-10-25/h1-10H,(H2,19,20)/b24-23+. The normalized spacial score (nSPS) is 11.4. The Morgan fingerprint density at radius 1 is 0.960 bits per heavy atom. The fourth-order valence-electron chi connectivity index (χ4n) is 2.42. The molecule has 7 nitrogen and oxygen atoms in total. The van der Waals surface area contributed by atoms with Crippen molar-refractivity contribution in [2.24, 2.45) is 10.2 Å². The predicted octanol–water partition coefficient (Wildman–Crippen LogP) is 4.58. The van der Waals surface area contributed by atoms with Gasteiger partial charge < -0.3 is 5.73 Å². The molecule has 0 saturated carbocycles. The van der Waals surface area contributed by atoms with Crippen LogP contribution in [0.4, 0.5) is 17.2 Å². The minimum absolute atomic E-state index is 0.343. The molecular formula is C17H12BrN7. The second kappa shape index (κ2) is 6.40. The van der Waals surface area contributed by atoms with E-state index in [1.54, 1.807) is 18.9 Å². The van der Waals surface area contributed by atoms with Crippen LogP contribution in [0.1, 0.15) is 0 Å². The predicted molar refractivity (Wildman–Crippen MR) is 99.4 cm³/mol. The third kappa shape index (κ3) is 3.11. The van der Waals surface area contributed by atoms with Crippen molar-refractivity contribution >= 4 is 43.9 Å². The monoisotopic (exact) mass is 393 g/mol. The van der Waals surface area contributed by atoms with E-state index in [9.17, 15) is 0 Å². The van der Waals surface area contributed by atoms with Gasteiger partial charge in [-0.15, -0.1) is 15.3 Å². The average Bonchev–Trinajstić information content (AvgIpc) is 3.16. The Kier molecular flexibility index (Phi) is 3.95. The second-order valence-corrected chi connectivity index (χ2v) is 6.22. The number of hydrogen-bond acceptors (Lipinski definition) is 6. The largest absolute Gasteiger partial charge is 0.382 e. The molecule has 2 aromatic heterocycles. The number of rotatable bonds is 3. The van der Waals surface area contributed by atoms with E-state index < -0.39 is 0 Å². The molecule has 8 heteroatoms. The summed E-state index contributed by atoms with van der Waals surface area (Å²) < 4.78 is 2.76. The number of nitrogens with two attached hydrogens (primary N) is 1. The molecular weight excluding hydrogens is 382 g/mol. The van der Waals surface area contributed by atoms with Crippen LogP contribution in [0.15, 0.2) is 76.0 Å². The van der Waals surface area contributed by atoms with Crippen molar-refractivity contribution in [1.82, 2.24) is 19.7 Å². The van der Waals surface area contributed by atoms with Crippen molar-refractivity contribution < 1.29 is 0 Å². The second-order valence-electron chi connectivity index (χ2n) is 5.31. The van der Waals surface area contributed by atoms with Gasteiger partial charge in [-0.05, 0) is 36.4 Å². The number of benzene rings is 2. The Morgan fingerprint density at radius 2 is 1.72 bits per heavy atom. The number of nitrogens with zero attached hydrogens (tertiary/aromatic N) is 6. The van der Waals surface area contributed by atoms with Gasteiger partial charge in [0.05, 0.1) is 5.69 Å². The van der Waals surface area contributed by atoms with Crippen LogP contribution in [-0.4, -0.2) is 19.7 Å². The Hall–Kier alpha value is -3.13. The molecule has 122 valence electrons. The van der Waals surface area contributed by atoms with Gasteiger partial charge in [-0.1, -0.05) is 22.0 Å². The smallest absolute Gasteiger partial charge is 0.151 e. The van der Waals surface area contributed by atoms with E-state index in [-0.39, 0.29) is 0 Å². The van der Waals surface area contributed by atoms with Gasteiger partial charge >= 0.3 is 0 Å².